The Morgan fingerprint density at radius 3 is 2.50 bits per heavy atom. The summed E-state index contributed by atoms with van der Waals surface area (Å²) in [7, 11) is 0. The average molecular weight is 365 g/mol. The van der Waals surface area contributed by atoms with Crippen LogP contribution in [0.5, 0.6) is 5.75 Å². The van der Waals surface area contributed by atoms with Crippen molar-refractivity contribution in [2.45, 2.75) is 39.2 Å². The molecule has 1 saturated heterocycles. The second-order valence-corrected chi connectivity index (χ2v) is 6.41. The molecular formula is C19H27NO6. The lowest BCUT2D eigenvalue weighted by Crippen LogP contribution is -2.27. The van der Waals surface area contributed by atoms with E-state index in [1.807, 2.05) is 0 Å². The number of carbonyl (C=O) groups excluding carboxylic acids is 1. The molecule has 0 aromatic heterocycles. The van der Waals surface area contributed by atoms with E-state index in [0.717, 1.165) is 43.6 Å². The highest BCUT2D eigenvalue weighted by molar-refractivity contribution is 5.94. The normalized spacial score (nSPS) is 14.8. The molecule has 0 bridgehead atoms. The second kappa shape index (κ2) is 10.1. The zero-order valence-corrected chi connectivity index (χ0v) is 15.4. The highest BCUT2D eigenvalue weighted by Gasteiger charge is 2.14. The number of carboxylic acids is 1. The smallest absolute Gasteiger partial charge is 0.341 e. The number of carbonyl (C=O) groups is 2. The Morgan fingerprint density at radius 1 is 1.23 bits per heavy atom. The number of aryl methyl sites for hydroxylation is 2. The monoisotopic (exact) mass is 365 g/mol. The Bertz CT molecular complexity index is 601. The molecule has 1 aliphatic heterocycles. The molecule has 0 atom stereocenters. The van der Waals surface area contributed by atoms with Gasteiger partial charge in [-0.3, -0.25) is 4.79 Å². The molecule has 1 aliphatic rings. The van der Waals surface area contributed by atoms with Gasteiger partial charge in [-0.2, -0.15) is 0 Å². The molecule has 1 heterocycles. The van der Waals surface area contributed by atoms with E-state index in [2.05, 4.69) is 5.32 Å². The Balaban J connectivity index is 1.76. The van der Waals surface area contributed by atoms with Crippen LogP contribution < -0.4 is 10.1 Å². The van der Waals surface area contributed by atoms with Gasteiger partial charge in [-0.25, -0.2) is 4.79 Å². The van der Waals surface area contributed by atoms with Crippen LogP contribution in [0.1, 0.15) is 40.7 Å². The maximum absolute atomic E-state index is 12.3. The standard InChI is InChI=1S/C19H27NO6/c1-13-10-15(11-14(2)18(13)26-12-17(21)22)19(23)20-6-3-7-25-16-4-8-24-9-5-16/h10-11,16H,3-9,12H2,1-2H3,(H,20,23)(H,21,22). The van der Waals surface area contributed by atoms with Gasteiger partial charge >= 0.3 is 5.97 Å². The third kappa shape index (κ3) is 6.31. The molecule has 0 aliphatic carbocycles. The van der Waals surface area contributed by atoms with Gasteiger partial charge in [0.2, 0.25) is 0 Å². The number of nitrogens with one attached hydrogen (secondary N) is 1. The number of amides is 1. The third-order valence-electron chi connectivity index (χ3n) is 4.19. The zero-order valence-electron chi connectivity index (χ0n) is 15.4. The first-order valence-corrected chi connectivity index (χ1v) is 8.90. The Kier molecular flexibility index (Phi) is 7.87. The number of benzene rings is 1. The summed E-state index contributed by atoms with van der Waals surface area (Å²) in [6.07, 6.45) is 2.88. The summed E-state index contributed by atoms with van der Waals surface area (Å²) in [6, 6.07) is 3.41. The summed E-state index contributed by atoms with van der Waals surface area (Å²) in [5, 5.41) is 11.6. The highest BCUT2D eigenvalue weighted by Crippen LogP contribution is 2.24. The van der Waals surface area contributed by atoms with Crippen molar-refractivity contribution in [1.82, 2.24) is 5.32 Å². The number of aliphatic carboxylic acids is 1. The highest BCUT2D eigenvalue weighted by atomic mass is 16.5. The predicted octanol–water partition coefficient (Wildman–Crippen LogP) is 2.08. The van der Waals surface area contributed by atoms with Crippen molar-refractivity contribution >= 4 is 11.9 Å². The summed E-state index contributed by atoms with van der Waals surface area (Å²) < 4.78 is 16.3. The Morgan fingerprint density at radius 2 is 1.88 bits per heavy atom. The lowest BCUT2D eigenvalue weighted by atomic mass is 10.1. The van der Waals surface area contributed by atoms with Crippen LogP contribution in [0.3, 0.4) is 0 Å². The lowest BCUT2D eigenvalue weighted by Gasteiger charge is -2.22. The molecule has 0 spiro atoms. The first kappa shape index (κ1) is 20.2. The van der Waals surface area contributed by atoms with Crippen LogP contribution in [0.4, 0.5) is 0 Å². The van der Waals surface area contributed by atoms with E-state index in [1.165, 1.54) is 0 Å². The van der Waals surface area contributed by atoms with Crippen molar-refractivity contribution in [3.05, 3.63) is 28.8 Å². The lowest BCUT2D eigenvalue weighted by molar-refractivity contribution is -0.139. The van der Waals surface area contributed by atoms with Crippen LogP contribution in [-0.4, -0.2) is 56.1 Å². The molecule has 144 valence electrons. The van der Waals surface area contributed by atoms with E-state index in [9.17, 15) is 9.59 Å². The van der Waals surface area contributed by atoms with E-state index in [-0.39, 0.29) is 12.0 Å². The van der Waals surface area contributed by atoms with Gasteiger partial charge in [0, 0.05) is 31.9 Å². The maximum atomic E-state index is 12.3. The fourth-order valence-electron chi connectivity index (χ4n) is 2.91. The van der Waals surface area contributed by atoms with Crippen LogP contribution in [0.2, 0.25) is 0 Å². The van der Waals surface area contributed by atoms with E-state index in [0.29, 0.717) is 24.5 Å². The molecule has 1 fully saturated rings. The molecule has 2 N–H and O–H groups in total. The number of ether oxygens (including phenoxy) is 3. The van der Waals surface area contributed by atoms with Gasteiger partial charge in [0.25, 0.3) is 5.91 Å². The van der Waals surface area contributed by atoms with Gasteiger partial charge < -0.3 is 24.6 Å². The number of hydrogen-bond donors (Lipinski definition) is 2. The summed E-state index contributed by atoms with van der Waals surface area (Å²) in [5.41, 5.74) is 2.01. The summed E-state index contributed by atoms with van der Waals surface area (Å²) in [6.45, 7) is 5.85. The molecule has 1 amide bonds. The van der Waals surface area contributed by atoms with Crippen molar-refractivity contribution in [2.75, 3.05) is 33.0 Å². The minimum atomic E-state index is -1.03. The Labute approximate surface area is 153 Å². The second-order valence-electron chi connectivity index (χ2n) is 6.41. The minimum absolute atomic E-state index is 0.160. The van der Waals surface area contributed by atoms with Gasteiger partial charge in [-0.05, 0) is 56.4 Å². The molecular weight excluding hydrogens is 338 g/mol. The number of rotatable bonds is 9. The van der Waals surface area contributed by atoms with Gasteiger partial charge in [0.1, 0.15) is 5.75 Å². The van der Waals surface area contributed by atoms with Crippen LogP contribution in [0.25, 0.3) is 0 Å². The van der Waals surface area contributed by atoms with E-state index >= 15 is 0 Å². The SMILES string of the molecule is Cc1cc(C(=O)NCCCOC2CCOCC2)cc(C)c1OCC(=O)O. The fraction of sp³-hybridized carbons (Fsp3) is 0.579. The van der Waals surface area contributed by atoms with Gasteiger partial charge in [-0.15, -0.1) is 0 Å². The van der Waals surface area contributed by atoms with Gasteiger partial charge in [0.15, 0.2) is 6.61 Å². The number of carboxylic acid groups (broad SMARTS) is 1. The first-order valence-electron chi connectivity index (χ1n) is 8.90. The summed E-state index contributed by atoms with van der Waals surface area (Å²) >= 11 is 0. The van der Waals surface area contributed by atoms with Crippen LogP contribution in [0, 0.1) is 13.8 Å². The van der Waals surface area contributed by atoms with Crippen LogP contribution >= 0.6 is 0 Å². The maximum Gasteiger partial charge on any atom is 0.341 e. The topological polar surface area (TPSA) is 94.1 Å². The quantitative estimate of drug-likeness (QED) is 0.651. The molecule has 7 nitrogen and oxygen atoms in total. The molecule has 26 heavy (non-hydrogen) atoms. The van der Waals surface area contributed by atoms with Crippen molar-refractivity contribution in [3.63, 3.8) is 0 Å². The van der Waals surface area contributed by atoms with Crippen molar-refractivity contribution in [2.24, 2.45) is 0 Å². The van der Waals surface area contributed by atoms with Gasteiger partial charge in [-0.1, -0.05) is 0 Å². The molecule has 2 rings (SSSR count). The fourth-order valence-corrected chi connectivity index (χ4v) is 2.91. The van der Waals surface area contributed by atoms with Crippen molar-refractivity contribution < 1.29 is 28.9 Å². The van der Waals surface area contributed by atoms with Crippen molar-refractivity contribution in [3.8, 4) is 5.75 Å². The van der Waals surface area contributed by atoms with Gasteiger partial charge in [0.05, 0.1) is 6.10 Å². The Hall–Kier alpha value is -2.12. The van der Waals surface area contributed by atoms with Crippen LogP contribution in [-0.2, 0) is 14.3 Å². The molecule has 0 unspecified atom stereocenters. The summed E-state index contributed by atoms with van der Waals surface area (Å²) in [5.74, 6) is -0.686. The van der Waals surface area contributed by atoms with E-state index < -0.39 is 12.6 Å². The van der Waals surface area contributed by atoms with Crippen LogP contribution in [0.15, 0.2) is 12.1 Å². The minimum Gasteiger partial charge on any atom is -0.481 e. The summed E-state index contributed by atoms with van der Waals surface area (Å²) in [4.78, 5) is 22.9. The molecule has 0 saturated carbocycles. The largest absolute Gasteiger partial charge is 0.481 e. The predicted molar refractivity (Wildman–Crippen MR) is 95.8 cm³/mol. The average Bonchev–Trinajstić information content (AvgIpc) is 2.61. The third-order valence-corrected chi connectivity index (χ3v) is 4.19. The molecule has 0 radical (unpaired) electrons. The van der Waals surface area contributed by atoms with E-state index in [1.54, 1.807) is 26.0 Å². The number of hydrogen-bond acceptors (Lipinski definition) is 5. The molecule has 7 heteroatoms. The first-order chi connectivity index (χ1) is 12.5. The zero-order chi connectivity index (χ0) is 18.9. The van der Waals surface area contributed by atoms with E-state index in [4.69, 9.17) is 19.3 Å². The molecule has 1 aromatic carbocycles. The van der Waals surface area contributed by atoms with Crippen molar-refractivity contribution in [1.29, 1.82) is 0 Å². The molecule has 1 aromatic rings.